The van der Waals surface area contributed by atoms with E-state index in [0.29, 0.717) is 23.1 Å². The van der Waals surface area contributed by atoms with E-state index in [4.69, 9.17) is 9.47 Å². The normalized spacial score (nSPS) is 18.3. The van der Waals surface area contributed by atoms with Crippen molar-refractivity contribution >= 4 is 29.9 Å². The lowest BCUT2D eigenvalue weighted by atomic mass is 10.0. The van der Waals surface area contributed by atoms with Crippen LogP contribution in [-0.4, -0.2) is 69.0 Å². The number of ether oxygens (including phenoxy) is 2. The van der Waals surface area contributed by atoms with Gasteiger partial charge in [-0.2, -0.15) is 0 Å². The molecule has 1 saturated heterocycles. The van der Waals surface area contributed by atoms with E-state index in [2.05, 4.69) is 27.4 Å². The van der Waals surface area contributed by atoms with E-state index in [-0.39, 0.29) is 30.5 Å². The van der Waals surface area contributed by atoms with Crippen LogP contribution in [0.4, 0.5) is 0 Å². The molecule has 30 heavy (non-hydrogen) atoms. The number of aliphatic hydroxyl groups excluding tert-OH is 1. The molecule has 1 fully saturated rings. The zero-order chi connectivity index (χ0) is 21.1. The van der Waals surface area contributed by atoms with Gasteiger partial charge in [0.05, 0.1) is 20.8 Å². The van der Waals surface area contributed by atoms with Gasteiger partial charge in [-0.1, -0.05) is 13.3 Å². The molecule has 0 amide bonds. The van der Waals surface area contributed by atoms with Crippen LogP contribution in [0.2, 0.25) is 0 Å². The number of methoxy groups -OCH3 is 2. The highest BCUT2D eigenvalue weighted by Crippen LogP contribution is 2.29. The van der Waals surface area contributed by atoms with Crippen molar-refractivity contribution in [2.24, 2.45) is 4.99 Å². The second kappa shape index (κ2) is 14.7. The Morgan fingerprint density at radius 3 is 2.70 bits per heavy atom. The average Bonchev–Trinajstić information content (AvgIpc) is 2.77. The van der Waals surface area contributed by atoms with Crippen molar-refractivity contribution in [2.75, 3.05) is 46.9 Å². The molecule has 1 aromatic carbocycles. The largest absolute Gasteiger partial charge is 0.497 e. The first-order chi connectivity index (χ1) is 14.1. The summed E-state index contributed by atoms with van der Waals surface area (Å²) in [5, 5.41) is 17.3. The lowest BCUT2D eigenvalue weighted by Crippen LogP contribution is -2.46. The zero-order valence-corrected chi connectivity index (χ0v) is 21.1. The molecule has 3 N–H and O–H groups in total. The van der Waals surface area contributed by atoms with Crippen LogP contribution in [0.15, 0.2) is 23.2 Å². The molecule has 0 radical (unpaired) electrons. The van der Waals surface area contributed by atoms with Crippen LogP contribution in [0.25, 0.3) is 0 Å². The minimum atomic E-state index is -0.776. The summed E-state index contributed by atoms with van der Waals surface area (Å²) in [7, 11) is 3.20. The quantitative estimate of drug-likeness (QED) is 0.243. The third-order valence-electron chi connectivity index (χ3n) is 5.47. The van der Waals surface area contributed by atoms with Crippen LogP contribution in [0.1, 0.15) is 51.2 Å². The van der Waals surface area contributed by atoms with Crippen molar-refractivity contribution in [1.29, 1.82) is 0 Å². The van der Waals surface area contributed by atoms with Gasteiger partial charge in [0.2, 0.25) is 0 Å². The standard InChI is InChI=1S/C22H38N4O3.HI/c1-5-17-9-7-8-13-26(17)14-12-24-22(23-6-2)25-16-20(27)19-15-18(28-3)10-11-21(19)29-4;/h10-11,15,17,20,27H,5-9,12-14,16H2,1-4H3,(H2,23,24,25);1H. The second-order valence-corrected chi connectivity index (χ2v) is 7.36. The topological polar surface area (TPSA) is 78.4 Å². The van der Waals surface area contributed by atoms with Crippen LogP contribution in [0.3, 0.4) is 0 Å². The molecule has 2 unspecified atom stereocenters. The summed E-state index contributed by atoms with van der Waals surface area (Å²) < 4.78 is 10.6. The first kappa shape index (κ1) is 26.8. The van der Waals surface area contributed by atoms with Crippen LogP contribution < -0.4 is 20.1 Å². The van der Waals surface area contributed by atoms with Gasteiger partial charge in [-0.15, -0.1) is 24.0 Å². The van der Waals surface area contributed by atoms with Gasteiger partial charge in [0.25, 0.3) is 0 Å². The number of nitrogens with zero attached hydrogens (tertiary/aromatic N) is 2. The van der Waals surface area contributed by atoms with Crippen molar-refractivity contribution in [2.45, 2.75) is 51.7 Å². The molecule has 2 rings (SSSR count). The van der Waals surface area contributed by atoms with E-state index in [1.165, 1.54) is 32.2 Å². The van der Waals surface area contributed by atoms with Gasteiger partial charge >= 0.3 is 0 Å². The van der Waals surface area contributed by atoms with E-state index in [0.717, 1.165) is 25.6 Å². The van der Waals surface area contributed by atoms with E-state index in [9.17, 15) is 5.11 Å². The summed E-state index contributed by atoms with van der Waals surface area (Å²) in [6.07, 6.45) is 4.38. The Hall–Kier alpha value is -1.26. The molecule has 0 saturated carbocycles. The molecule has 8 heteroatoms. The number of benzene rings is 1. The molecule has 0 aliphatic carbocycles. The molecule has 0 spiro atoms. The molecule has 172 valence electrons. The maximum Gasteiger partial charge on any atom is 0.191 e. The Morgan fingerprint density at radius 2 is 2.03 bits per heavy atom. The molecule has 1 aliphatic rings. The van der Waals surface area contributed by atoms with Gasteiger partial charge < -0.3 is 25.2 Å². The average molecular weight is 534 g/mol. The lowest BCUT2D eigenvalue weighted by molar-refractivity contribution is 0.147. The predicted molar refractivity (Wildman–Crippen MR) is 133 cm³/mol. The third-order valence-corrected chi connectivity index (χ3v) is 5.47. The summed E-state index contributed by atoms with van der Waals surface area (Å²) in [4.78, 5) is 7.15. The maximum absolute atomic E-state index is 10.7. The molecule has 1 aromatic rings. The fourth-order valence-electron chi connectivity index (χ4n) is 3.85. The first-order valence-electron chi connectivity index (χ1n) is 10.8. The smallest absolute Gasteiger partial charge is 0.191 e. The number of hydrogen-bond acceptors (Lipinski definition) is 5. The molecule has 1 heterocycles. The van der Waals surface area contributed by atoms with Crippen LogP contribution in [0.5, 0.6) is 11.5 Å². The minimum absolute atomic E-state index is 0. The van der Waals surface area contributed by atoms with Crippen molar-refractivity contribution in [3.05, 3.63) is 23.8 Å². The zero-order valence-electron chi connectivity index (χ0n) is 18.8. The van der Waals surface area contributed by atoms with E-state index >= 15 is 0 Å². The number of hydrogen-bond donors (Lipinski definition) is 3. The van der Waals surface area contributed by atoms with Crippen LogP contribution in [0, 0.1) is 0 Å². The first-order valence-corrected chi connectivity index (χ1v) is 10.8. The fraction of sp³-hybridized carbons (Fsp3) is 0.682. The van der Waals surface area contributed by atoms with Gasteiger partial charge in [-0.3, -0.25) is 9.89 Å². The van der Waals surface area contributed by atoms with Crippen LogP contribution >= 0.6 is 24.0 Å². The summed E-state index contributed by atoms with van der Waals surface area (Å²) >= 11 is 0. The lowest BCUT2D eigenvalue weighted by Gasteiger charge is -2.35. The fourth-order valence-corrected chi connectivity index (χ4v) is 3.85. The second-order valence-electron chi connectivity index (χ2n) is 7.36. The van der Waals surface area contributed by atoms with E-state index in [1.807, 2.05) is 13.0 Å². The number of guanidine groups is 1. The maximum atomic E-state index is 10.7. The summed E-state index contributed by atoms with van der Waals surface area (Å²) in [5.74, 6) is 2.03. The highest BCUT2D eigenvalue weighted by Gasteiger charge is 2.20. The van der Waals surface area contributed by atoms with E-state index < -0.39 is 6.10 Å². The van der Waals surface area contributed by atoms with Crippen molar-refractivity contribution in [1.82, 2.24) is 15.5 Å². The van der Waals surface area contributed by atoms with Crippen molar-refractivity contribution in [3.63, 3.8) is 0 Å². The molecule has 1 aliphatic heterocycles. The number of likely N-dealkylation sites (tertiary alicyclic amines) is 1. The number of nitrogens with one attached hydrogen (secondary N) is 2. The molecule has 0 bridgehead atoms. The van der Waals surface area contributed by atoms with Crippen molar-refractivity contribution in [3.8, 4) is 11.5 Å². The number of aliphatic imine (C=N–C) groups is 1. The number of piperidine rings is 1. The predicted octanol–water partition coefficient (Wildman–Crippen LogP) is 3.17. The van der Waals surface area contributed by atoms with Crippen molar-refractivity contribution < 1.29 is 14.6 Å². The third kappa shape index (κ3) is 8.11. The Kier molecular flexibility index (Phi) is 13.1. The summed E-state index contributed by atoms with van der Waals surface area (Å²) in [6, 6.07) is 6.11. The Morgan fingerprint density at radius 1 is 1.23 bits per heavy atom. The molecule has 2 atom stereocenters. The number of halogens is 1. The monoisotopic (exact) mass is 534 g/mol. The van der Waals surface area contributed by atoms with Gasteiger partial charge in [-0.05, 0) is 50.9 Å². The van der Waals surface area contributed by atoms with Gasteiger partial charge in [0.15, 0.2) is 5.96 Å². The highest BCUT2D eigenvalue weighted by molar-refractivity contribution is 14.0. The van der Waals surface area contributed by atoms with Gasteiger partial charge in [0, 0.05) is 31.2 Å². The SMILES string of the molecule is CCNC(=NCC(O)c1cc(OC)ccc1OC)NCCN1CCCCC1CC.I. The summed E-state index contributed by atoms with van der Waals surface area (Å²) in [6.45, 7) is 8.34. The Balaban J connectivity index is 0.00000450. The highest BCUT2D eigenvalue weighted by atomic mass is 127. The summed E-state index contributed by atoms with van der Waals surface area (Å²) in [5.41, 5.74) is 0.672. The minimum Gasteiger partial charge on any atom is -0.497 e. The van der Waals surface area contributed by atoms with Gasteiger partial charge in [0.1, 0.15) is 17.6 Å². The Bertz CT molecular complexity index is 645. The number of aliphatic hydroxyl groups is 1. The molecular formula is C22H39IN4O3. The molecular weight excluding hydrogens is 495 g/mol. The molecule has 7 nitrogen and oxygen atoms in total. The van der Waals surface area contributed by atoms with Crippen LogP contribution in [-0.2, 0) is 0 Å². The Labute approximate surface area is 198 Å². The number of rotatable bonds is 10. The van der Waals surface area contributed by atoms with Gasteiger partial charge in [-0.25, -0.2) is 0 Å². The van der Waals surface area contributed by atoms with E-state index in [1.54, 1.807) is 26.4 Å². The molecule has 0 aromatic heterocycles.